The van der Waals surface area contributed by atoms with Crippen molar-refractivity contribution in [1.82, 2.24) is 0 Å². The Balaban J connectivity index is 1.35. The van der Waals surface area contributed by atoms with E-state index in [0.717, 1.165) is 50.0 Å². The van der Waals surface area contributed by atoms with Crippen molar-refractivity contribution in [2.45, 2.75) is 26.2 Å². The standard InChI is InChI=1S/C46H31F3/c1-46(2,3)30-18-12-26(13-19-30)41-32-8-4-6-10-34(32)44(35-11-7-5-9-33(35)41)38-23-17-28-15-21-36-31(29-24-39(47)45(49)40(48)25-29)20-14-27-16-22-37(38)43(28)42(27)36/h4-25H,1-3H3. The molecule has 0 aliphatic carbocycles. The van der Waals surface area contributed by atoms with Gasteiger partial charge in [0.15, 0.2) is 17.5 Å². The molecule has 0 saturated carbocycles. The highest BCUT2D eigenvalue weighted by atomic mass is 19.2. The van der Waals surface area contributed by atoms with Gasteiger partial charge in [0.05, 0.1) is 0 Å². The lowest BCUT2D eigenvalue weighted by Crippen LogP contribution is -2.10. The Morgan fingerprint density at radius 1 is 0.408 bits per heavy atom. The van der Waals surface area contributed by atoms with Crippen molar-refractivity contribution in [2.75, 3.05) is 0 Å². The Morgan fingerprint density at radius 3 is 1.37 bits per heavy atom. The van der Waals surface area contributed by atoms with Gasteiger partial charge < -0.3 is 0 Å². The summed E-state index contributed by atoms with van der Waals surface area (Å²) in [6.45, 7) is 6.71. The van der Waals surface area contributed by atoms with Gasteiger partial charge in [-0.2, -0.15) is 0 Å². The maximum atomic E-state index is 14.4. The van der Waals surface area contributed by atoms with Crippen LogP contribution in [0.3, 0.4) is 0 Å². The average molecular weight is 641 g/mol. The highest BCUT2D eigenvalue weighted by Gasteiger charge is 2.21. The molecular formula is C46H31F3. The van der Waals surface area contributed by atoms with Crippen LogP contribution in [0.15, 0.2) is 133 Å². The fraction of sp³-hybridized carbons (Fsp3) is 0.0870. The quantitative estimate of drug-likeness (QED) is 0.102. The fourth-order valence-corrected chi connectivity index (χ4v) is 7.85. The molecule has 0 radical (unpaired) electrons. The predicted molar refractivity (Wildman–Crippen MR) is 200 cm³/mol. The third-order valence-electron chi connectivity index (χ3n) is 10.2. The summed E-state index contributed by atoms with van der Waals surface area (Å²) in [4.78, 5) is 0. The molecule has 0 N–H and O–H groups in total. The summed E-state index contributed by atoms with van der Waals surface area (Å²) in [7, 11) is 0. The van der Waals surface area contributed by atoms with Crippen LogP contribution in [0.5, 0.6) is 0 Å². The molecule has 9 aromatic carbocycles. The Kier molecular flexibility index (Phi) is 6.42. The van der Waals surface area contributed by atoms with Gasteiger partial charge in [-0.05, 0) is 110 Å². The monoisotopic (exact) mass is 640 g/mol. The minimum Gasteiger partial charge on any atom is -0.204 e. The summed E-state index contributed by atoms with van der Waals surface area (Å²) in [5.41, 5.74) is 7.01. The normalized spacial score (nSPS) is 12.3. The fourth-order valence-electron chi connectivity index (χ4n) is 7.85. The molecule has 9 aromatic rings. The molecule has 0 unspecified atom stereocenters. The van der Waals surface area contributed by atoms with Gasteiger partial charge in [0, 0.05) is 0 Å². The zero-order valence-electron chi connectivity index (χ0n) is 27.3. The number of hydrogen-bond donors (Lipinski definition) is 0. The van der Waals surface area contributed by atoms with E-state index in [4.69, 9.17) is 0 Å². The van der Waals surface area contributed by atoms with Crippen LogP contribution in [0.2, 0.25) is 0 Å². The van der Waals surface area contributed by atoms with Crippen LogP contribution in [0.1, 0.15) is 26.3 Å². The van der Waals surface area contributed by atoms with Crippen molar-refractivity contribution in [3.05, 3.63) is 156 Å². The molecule has 9 rings (SSSR count). The van der Waals surface area contributed by atoms with E-state index in [2.05, 4.69) is 124 Å². The highest BCUT2D eigenvalue weighted by molar-refractivity contribution is 6.30. The van der Waals surface area contributed by atoms with E-state index in [1.807, 2.05) is 18.2 Å². The van der Waals surface area contributed by atoms with Crippen LogP contribution in [0.4, 0.5) is 13.2 Å². The lowest BCUT2D eigenvalue weighted by Gasteiger charge is -2.22. The molecule has 0 aliphatic heterocycles. The zero-order valence-corrected chi connectivity index (χ0v) is 27.3. The largest absolute Gasteiger partial charge is 0.204 e. The van der Waals surface area contributed by atoms with E-state index in [1.54, 1.807) is 0 Å². The van der Waals surface area contributed by atoms with E-state index in [-0.39, 0.29) is 5.41 Å². The van der Waals surface area contributed by atoms with Crippen LogP contribution >= 0.6 is 0 Å². The molecule has 0 amide bonds. The van der Waals surface area contributed by atoms with Crippen LogP contribution in [0, 0.1) is 17.5 Å². The third-order valence-corrected chi connectivity index (χ3v) is 10.2. The van der Waals surface area contributed by atoms with E-state index >= 15 is 0 Å². The molecule has 0 atom stereocenters. The summed E-state index contributed by atoms with van der Waals surface area (Å²) in [6, 6.07) is 45.1. The average Bonchev–Trinajstić information content (AvgIpc) is 3.11. The third kappa shape index (κ3) is 4.45. The van der Waals surface area contributed by atoms with Gasteiger partial charge in [0.2, 0.25) is 0 Å². The molecule has 0 heterocycles. The topological polar surface area (TPSA) is 0 Å². The lowest BCUT2D eigenvalue weighted by atomic mass is 9.82. The first-order valence-corrected chi connectivity index (χ1v) is 16.6. The van der Waals surface area contributed by atoms with Crippen molar-refractivity contribution in [3.63, 3.8) is 0 Å². The molecule has 0 spiro atoms. The Morgan fingerprint density at radius 2 is 0.857 bits per heavy atom. The summed E-state index contributed by atoms with van der Waals surface area (Å²) in [5.74, 6) is -3.86. The molecule has 0 nitrogen and oxygen atoms in total. The second-order valence-electron chi connectivity index (χ2n) is 14.1. The van der Waals surface area contributed by atoms with Gasteiger partial charge in [0.1, 0.15) is 0 Å². The van der Waals surface area contributed by atoms with Gasteiger partial charge in [-0.15, -0.1) is 0 Å². The summed E-state index contributed by atoms with van der Waals surface area (Å²) >= 11 is 0. The van der Waals surface area contributed by atoms with Crippen LogP contribution in [0.25, 0.3) is 87.2 Å². The van der Waals surface area contributed by atoms with E-state index in [1.165, 1.54) is 43.8 Å². The molecule has 49 heavy (non-hydrogen) atoms. The van der Waals surface area contributed by atoms with Crippen LogP contribution in [-0.4, -0.2) is 0 Å². The molecule has 0 aliphatic rings. The Labute approximate surface area is 282 Å². The van der Waals surface area contributed by atoms with Gasteiger partial charge in [-0.25, -0.2) is 13.2 Å². The van der Waals surface area contributed by atoms with Gasteiger partial charge in [-0.1, -0.05) is 142 Å². The lowest BCUT2D eigenvalue weighted by molar-refractivity contribution is 0.448. The number of hydrogen-bond acceptors (Lipinski definition) is 0. The van der Waals surface area contributed by atoms with Gasteiger partial charge in [-0.3, -0.25) is 0 Å². The van der Waals surface area contributed by atoms with E-state index in [0.29, 0.717) is 11.1 Å². The molecular weight excluding hydrogens is 610 g/mol. The molecule has 0 fully saturated rings. The molecule has 236 valence electrons. The van der Waals surface area contributed by atoms with Crippen LogP contribution < -0.4 is 0 Å². The summed E-state index contributed by atoms with van der Waals surface area (Å²) < 4.78 is 42.7. The summed E-state index contributed by atoms with van der Waals surface area (Å²) in [6.07, 6.45) is 0. The highest BCUT2D eigenvalue weighted by Crippen LogP contribution is 2.48. The van der Waals surface area contributed by atoms with Crippen LogP contribution in [-0.2, 0) is 5.41 Å². The maximum absolute atomic E-state index is 14.4. The van der Waals surface area contributed by atoms with Crippen molar-refractivity contribution < 1.29 is 13.2 Å². The number of halogens is 3. The Bertz CT molecular complexity index is 2690. The number of rotatable bonds is 3. The Hall–Kier alpha value is -5.67. The first-order chi connectivity index (χ1) is 23.7. The maximum Gasteiger partial charge on any atom is 0.194 e. The number of benzene rings is 9. The molecule has 3 heteroatoms. The number of fused-ring (bicyclic) bond motifs is 2. The zero-order chi connectivity index (χ0) is 33.6. The van der Waals surface area contributed by atoms with E-state index in [9.17, 15) is 13.2 Å². The molecule has 0 saturated heterocycles. The summed E-state index contributed by atoms with van der Waals surface area (Å²) in [5, 5.41) is 10.9. The SMILES string of the molecule is CC(C)(C)c1ccc(-c2c3ccccc3c(-c3ccc4ccc5c(-c6cc(F)c(F)c(F)c6)ccc6ccc3c4c65)c3ccccc23)cc1. The van der Waals surface area contributed by atoms with Gasteiger partial charge in [0.25, 0.3) is 0 Å². The van der Waals surface area contributed by atoms with Crippen molar-refractivity contribution in [3.8, 4) is 33.4 Å². The first-order valence-electron chi connectivity index (χ1n) is 16.6. The second kappa shape index (κ2) is 10.7. The van der Waals surface area contributed by atoms with Crippen molar-refractivity contribution in [2.24, 2.45) is 0 Å². The molecule has 0 aromatic heterocycles. The minimum atomic E-state index is -1.46. The minimum absolute atomic E-state index is 0.0632. The van der Waals surface area contributed by atoms with Crippen molar-refractivity contribution in [1.29, 1.82) is 0 Å². The van der Waals surface area contributed by atoms with Gasteiger partial charge >= 0.3 is 0 Å². The smallest absolute Gasteiger partial charge is 0.194 e. The second-order valence-corrected chi connectivity index (χ2v) is 14.1. The van der Waals surface area contributed by atoms with E-state index < -0.39 is 17.5 Å². The van der Waals surface area contributed by atoms with Crippen molar-refractivity contribution >= 4 is 53.9 Å². The first kappa shape index (κ1) is 29.5. The molecule has 0 bridgehead atoms. The predicted octanol–water partition coefficient (Wildman–Crippen LogP) is 13.6.